The Bertz CT molecular complexity index is 393. The number of ether oxygens (including phenoxy) is 1. The minimum Gasteiger partial charge on any atom is -0.444 e. The SMILES string of the molecule is CNC(=O)OC1CCN(c2ccc(N)cn2)C1. The Labute approximate surface area is 99.8 Å². The molecule has 0 saturated carbocycles. The van der Waals surface area contributed by atoms with Crippen LogP contribution in [-0.2, 0) is 4.74 Å². The van der Waals surface area contributed by atoms with Crippen LogP contribution in [0.25, 0.3) is 0 Å². The van der Waals surface area contributed by atoms with E-state index in [1.165, 1.54) is 0 Å². The van der Waals surface area contributed by atoms with Gasteiger partial charge in [-0.25, -0.2) is 9.78 Å². The van der Waals surface area contributed by atoms with Crippen molar-refractivity contribution in [1.29, 1.82) is 0 Å². The molecule has 1 saturated heterocycles. The number of alkyl carbamates (subject to hydrolysis) is 1. The van der Waals surface area contributed by atoms with Gasteiger partial charge < -0.3 is 20.7 Å². The molecule has 0 bridgehead atoms. The lowest BCUT2D eigenvalue weighted by atomic mass is 10.3. The summed E-state index contributed by atoms with van der Waals surface area (Å²) in [6.45, 7) is 1.50. The molecule has 1 aliphatic heterocycles. The number of nitrogens with two attached hydrogens (primary N) is 1. The summed E-state index contributed by atoms with van der Waals surface area (Å²) in [6, 6.07) is 3.69. The highest BCUT2D eigenvalue weighted by Gasteiger charge is 2.26. The van der Waals surface area contributed by atoms with E-state index in [1.807, 2.05) is 12.1 Å². The smallest absolute Gasteiger partial charge is 0.407 e. The van der Waals surface area contributed by atoms with Crippen LogP contribution in [0.4, 0.5) is 16.3 Å². The summed E-state index contributed by atoms with van der Waals surface area (Å²) in [6.07, 6.45) is 1.98. The molecule has 0 radical (unpaired) electrons. The van der Waals surface area contributed by atoms with Crippen LogP contribution in [0, 0.1) is 0 Å². The lowest BCUT2D eigenvalue weighted by Gasteiger charge is -2.17. The van der Waals surface area contributed by atoms with Gasteiger partial charge >= 0.3 is 6.09 Å². The van der Waals surface area contributed by atoms with E-state index in [2.05, 4.69) is 15.2 Å². The number of carbonyl (C=O) groups is 1. The van der Waals surface area contributed by atoms with Gasteiger partial charge in [-0.3, -0.25) is 0 Å². The minimum absolute atomic E-state index is 0.0747. The number of anilines is 2. The van der Waals surface area contributed by atoms with Gasteiger partial charge in [0, 0.05) is 20.0 Å². The molecular weight excluding hydrogens is 220 g/mol. The number of pyridine rings is 1. The van der Waals surface area contributed by atoms with E-state index in [9.17, 15) is 4.79 Å². The third kappa shape index (κ3) is 2.77. The number of hydrogen-bond donors (Lipinski definition) is 2. The quantitative estimate of drug-likeness (QED) is 0.786. The summed E-state index contributed by atoms with van der Waals surface area (Å²) in [7, 11) is 1.55. The fourth-order valence-electron chi connectivity index (χ4n) is 1.83. The number of hydrogen-bond acceptors (Lipinski definition) is 5. The van der Waals surface area contributed by atoms with Gasteiger partial charge in [0.15, 0.2) is 0 Å². The number of amides is 1. The van der Waals surface area contributed by atoms with Crippen LogP contribution < -0.4 is 16.0 Å². The van der Waals surface area contributed by atoms with E-state index in [0.717, 1.165) is 18.8 Å². The van der Waals surface area contributed by atoms with Crippen molar-refractivity contribution in [1.82, 2.24) is 10.3 Å². The topological polar surface area (TPSA) is 80.5 Å². The van der Waals surface area contributed by atoms with E-state index < -0.39 is 0 Å². The molecule has 0 aromatic carbocycles. The number of carbonyl (C=O) groups excluding carboxylic acids is 1. The van der Waals surface area contributed by atoms with Crippen molar-refractivity contribution >= 4 is 17.6 Å². The summed E-state index contributed by atoms with van der Waals surface area (Å²) in [4.78, 5) is 17.4. The first kappa shape index (κ1) is 11.5. The molecule has 3 N–H and O–H groups in total. The fraction of sp³-hybridized carbons (Fsp3) is 0.455. The van der Waals surface area contributed by atoms with Crippen molar-refractivity contribution in [3.8, 4) is 0 Å². The molecular formula is C11H16N4O2. The average Bonchev–Trinajstić information content (AvgIpc) is 2.78. The van der Waals surface area contributed by atoms with Crippen LogP contribution in [0.15, 0.2) is 18.3 Å². The number of rotatable bonds is 2. The van der Waals surface area contributed by atoms with Crippen LogP contribution in [0.3, 0.4) is 0 Å². The monoisotopic (exact) mass is 236 g/mol. The van der Waals surface area contributed by atoms with Gasteiger partial charge in [-0.15, -0.1) is 0 Å². The summed E-state index contributed by atoms with van der Waals surface area (Å²) < 4.78 is 5.19. The Kier molecular flexibility index (Phi) is 3.32. The molecule has 6 nitrogen and oxygen atoms in total. The van der Waals surface area contributed by atoms with Gasteiger partial charge in [-0.05, 0) is 12.1 Å². The second-order valence-corrected chi connectivity index (χ2v) is 3.96. The zero-order chi connectivity index (χ0) is 12.3. The van der Waals surface area contributed by atoms with E-state index in [4.69, 9.17) is 10.5 Å². The normalized spacial score (nSPS) is 19.1. The van der Waals surface area contributed by atoms with Gasteiger partial charge in [0.2, 0.25) is 0 Å². The predicted molar refractivity (Wildman–Crippen MR) is 64.8 cm³/mol. The number of nitrogen functional groups attached to an aromatic ring is 1. The number of nitrogens with zero attached hydrogens (tertiary/aromatic N) is 2. The first-order chi connectivity index (χ1) is 8.19. The largest absolute Gasteiger partial charge is 0.444 e. The van der Waals surface area contributed by atoms with Gasteiger partial charge in [0.05, 0.1) is 18.4 Å². The molecule has 1 aromatic heterocycles. The zero-order valence-electron chi connectivity index (χ0n) is 9.72. The Balaban J connectivity index is 1.93. The third-order valence-corrected chi connectivity index (χ3v) is 2.72. The highest BCUT2D eigenvalue weighted by atomic mass is 16.6. The van der Waals surface area contributed by atoms with E-state index in [1.54, 1.807) is 13.2 Å². The summed E-state index contributed by atoms with van der Waals surface area (Å²) in [5, 5.41) is 2.44. The summed E-state index contributed by atoms with van der Waals surface area (Å²) >= 11 is 0. The van der Waals surface area contributed by atoms with Crippen LogP contribution in [0.1, 0.15) is 6.42 Å². The molecule has 92 valence electrons. The maximum atomic E-state index is 11.1. The average molecular weight is 236 g/mol. The van der Waals surface area contributed by atoms with Crippen LogP contribution in [0.5, 0.6) is 0 Å². The van der Waals surface area contributed by atoms with Crippen molar-refractivity contribution in [2.24, 2.45) is 0 Å². The molecule has 17 heavy (non-hydrogen) atoms. The molecule has 1 amide bonds. The van der Waals surface area contributed by atoms with Crippen molar-refractivity contribution in [3.05, 3.63) is 18.3 Å². The maximum Gasteiger partial charge on any atom is 0.407 e. The summed E-state index contributed by atoms with van der Waals surface area (Å²) in [5.41, 5.74) is 6.22. The highest BCUT2D eigenvalue weighted by Crippen LogP contribution is 2.20. The summed E-state index contributed by atoms with van der Waals surface area (Å²) in [5.74, 6) is 0.863. The molecule has 1 atom stereocenters. The van der Waals surface area contributed by atoms with Crippen LogP contribution in [0.2, 0.25) is 0 Å². The first-order valence-electron chi connectivity index (χ1n) is 5.54. The molecule has 2 rings (SSSR count). The van der Waals surface area contributed by atoms with E-state index in [0.29, 0.717) is 12.2 Å². The van der Waals surface area contributed by atoms with Crippen LogP contribution >= 0.6 is 0 Å². The molecule has 0 spiro atoms. The Morgan fingerprint density at radius 2 is 2.47 bits per heavy atom. The zero-order valence-corrected chi connectivity index (χ0v) is 9.72. The third-order valence-electron chi connectivity index (χ3n) is 2.72. The van der Waals surface area contributed by atoms with Gasteiger partial charge in [0.1, 0.15) is 11.9 Å². The van der Waals surface area contributed by atoms with Gasteiger partial charge in [0.25, 0.3) is 0 Å². The van der Waals surface area contributed by atoms with Crippen molar-refractivity contribution in [3.63, 3.8) is 0 Å². The predicted octanol–water partition coefficient (Wildman–Crippen LogP) is 0.598. The standard InChI is InChI=1S/C11H16N4O2/c1-13-11(16)17-9-4-5-15(7-9)10-3-2-8(12)6-14-10/h2-3,6,9H,4-5,7,12H2,1H3,(H,13,16). The molecule has 2 heterocycles. The van der Waals surface area contributed by atoms with Crippen molar-refractivity contribution in [2.45, 2.75) is 12.5 Å². The number of aromatic nitrogens is 1. The fourth-order valence-corrected chi connectivity index (χ4v) is 1.83. The van der Waals surface area contributed by atoms with Crippen molar-refractivity contribution in [2.75, 3.05) is 30.8 Å². The maximum absolute atomic E-state index is 11.1. The molecule has 1 aliphatic rings. The second-order valence-electron chi connectivity index (χ2n) is 3.96. The molecule has 1 aromatic rings. The molecule has 1 unspecified atom stereocenters. The Morgan fingerprint density at radius 1 is 1.65 bits per heavy atom. The number of nitrogens with one attached hydrogen (secondary N) is 1. The molecule has 1 fully saturated rings. The molecule has 0 aliphatic carbocycles. The molecule has 6 heteroatoms. The van der Waals surface area contributed by atoms with Crippen molar-refractivity contribution < 1.29 is 9.53 Å². The lowest BCUT2D eigenvalue weighted by molar-refractivity contribution is 0.110. The lowest BCUT2D eigenvalue weighted by Crippen LogP contribution is -2.29. The second kappa shape index (κ2) is 4.90. The van der Waals surface area contributed by atoms with Gasteiger partial charge in [-0.1, -0.05) is 0 Å². The Hall–Kier alpha value is -1.98. The van der Waals surface area contributed by atoms with E-state index >= 15 is 0 Å². The van der Waals surface area contributed by atoms with Gasteiger partial charge in [-0.2, -0.15) is 0 Å². The highest BCUT2D eigenvalue weighted by molar-refractivity contribution is 5.67. The minimum atomic E-state index is -0.387. The van der Waals surface area contributed by atoms with E-state index in [-0.39, 0.29) is 12.2 Å². The first-order valence-corrected chi connectivity index (χ1v) is 5.54. The van der Waals surface area contributed by atoms with Crippen LogP contribution in [-0.4, -0.2) is 37.3 Å². The Morgan fingerprint density at radius 3 is 3.12 bits per heavy atom.